The SMILES string of the molecule is CC(=O)N(Cc1sc(C)c(C)c1NC(=O)c1ccccc1)C(C)C. The minimum atomic E-state index is -0.128. The number of nitrogens with one attached hydrogen (secondary N) is 1. The van der Waals surface area contributed by atoms with Crippen molar-refractivity contribution in [2.45, 2.75) is 47.2 Å². The van der Waals surface area contributed by atoms with E-state index in [1.165, 1.54) is 0 Å². The van der Waals surface area contributed by atoms with Gasteiger partial charge in [0.2, 0.25) is 5.91 Å². The maximum Gasteiger partial charge on any atom is 0.255 e. The molecule has 0 unspecified atom stereocenters. The van der Waals surface area contributed by atoms with E-state index in [4.69, 9.17) is 0 Å². The van der Waals surface area contributed by atoms with Gasteiger partial charge in [-0.2, -0.15) is 0 Å². The lowest BCUT2D eigenvalue weighted by Crippen LogP contribution is -2.34. The lowest BCUT2D eigenvalue weighted by Gasteiger charge is -2.25. The smallest absolute Gasteiger partial charge is 0.255 e. The zero-order chi connectivity index (χ0) is 17.9. The van der Waals surface area contributed by atoms with E-state index in [9.17, 15) is 9.59 Å². The summed E-state index contributed by atoms with van der Waals surface area (Å²) in [4.78, 5) is 28.3. The third-order valence-corrected chi connectivity index (χ3v) is 5.27. The summed E-state index contributed by atoms with van der Waals surface area (Å²) in [6.07, 6.45) is 0. The molecule has 1 heterocycles. The Morgan fingerprint density at radius 2 is 1.79 bits per heavy atom. The minimum Gasteiger partial charge on any atom is -0.335 e. The maximum absolute atomic E-state index is 12.5. The van der Waals surface area contributed by atoms with Crippen LogP contribution in [0.4, 0.5) is 5.69 Å². The van der Waals surface area contributed by atoms with Gasteiger partial charge >= 0.3 is 0 Å². The summed E-state index contributed by atoms with van der Waals surface area (Å²) >= 11 is 1.63. The fraction of sp³-hybridized carbons (Fsp3) is 0.368. The van der Waals surface area contributed by atoms with Crippen molar-refractivity contribution in [2.75, 3.05) is 5.32 Å². The maximum atomic E-state index is 12.5. The van der Waals surface area contributed by atoms with E-state index in [-0.39, 0.29) is 17.9 Å². The predicted molar refractivity (Wildman–Crippen MR) is 99.5 cm³/mol. The Morgan fingerprint density at radius 1 is 1.17 bits per heavy atom. The summed E-state index contributed by atoms with van der Waals surface area (Å²) in [7, 11) is 0. The highest BCUT2D eigenvalue weighted by Gasteiger charge is 2.20. The number of aryl methyl sites for hydroxylation is 1. The number of amides is 2. The van der Waals surface area contributed by atoms with Crippen LogP contribution in [0.2, 0.25) is 0 Å². The molecule has 4 nitrogen and oxygen atoms in total. The molecule has 24 heavy (non-hydrogen) atoms. The first-order valence-electron chi connectivity index (χ1n) is 8.03. The average molecular weight is 344 g/mol. The molecule has 1 N–H and O–H groups in total. The van der Waals surface area contributed by atoms with Crippen LogP contribution < -0.4 is 5.32 Å². The first-order valence-corrected chi connectivity index (χ1v) is 8.85. The van der Waals surface area contributed by atoms with E-state index < -0.39 is 0 Å². The zero-order valence-electron chi connectivity index (χ0n) is 14.8. The molecule has 0 saturated heterocycles. The van der Waals surface area contributed by atoms with Crippen LogP contribution in [0.1, 0.15) is 46.4 Å². The number of carbonyl (C=O) groups excluding carboxylic acids is 2. The van der Waals surface area contributed by atoms with E-state index in [1.807, 2.05) is 50.8 Å². The normalized spacial score (nSPS) is 10.8. The van der Waals surface area contributed by atoms with Gasteiger partial charge < -0.3 is 10.2 Å². The molecule has 2 amide bonds. The van der Waals surface area contributed by atoms with Crippen molar-refractivity contribution in [1.29, 1.82) is 0 Å². The van der Waals surface area contributed by atoms with Crippen LogP contribution in [0.15, 0.2) is 30.3 Å². The number of nitrogens with zero attached hydrogens (tertiary/aromatic N) is 1. The molecule has 2 aromatic rings. The van der Waals surface area contributed by atoms with E-state index in [1.54, 1.807) is 30.4 Å². The van der Waals surface area contributed by atoms with Gasteiger partial charge in [-0.15, -0.1) is 11.3 Å². The Morgan fingerprint density at radius 3 is 2.33 bits per heavy atom. The van der Waals surface area contributed by atoms with Gasteiger partial charge in [0.25, 0.3) is 5.91 Å². The molecular weight excluding hydrogens is 320 g/mol. The molecule has 0 aliphatic carbocycles. The van der Waals surface area contributed by atoms with Gasteiger partial charge in [0.05, 0.1) is 12.2 Å². The van der Waals surface area contributed by atoms with Gasteiger partial charge in [-0.05, 0) is 45.4 Å². The van der Waals surface area contributed by atoms with E-state index in [2.05, 4.69) is 5.32 Å². The van der Waals surface area contributed by atoms with Crippen LogP contribution in [-0.4, -0.2) is 22.8 Å². The summed E-state index contributed by atoms with van der Waals surface area (Å²) in [5, 5.41) is 3.03. The van der Waals surface area contributed by atoms with Crippen molar-refractivity contribution >= 4 is 28.8 Å². The van der Waals surface area contributed by atoms with Gasteiger partial charge in [-0.1, -0.05) is 18.2 Å². The van der Waals surface area contributed by atoms with Crippen molar-refractivity contribution in [1.82, 2.24) is 4.90 Å². The number of carbonyl (C=O) groups is 2. The third kappa shape index (κ3) is 4.03. The number of rotatable bonds is 5. The number of anilines is 1. The first-order chi connectivity index (χ1) is 11.3. The Kier molecular flexibility index (Phi) is 5.78. The molecule has 1 aromatic carbocycles. The van der Waals surface area contributed by atoms with Gasteiger partial charge in [0.1, 0.15) is 0 Å². The van der Waals surface area contributed by atoms with Crippen molar-refractivity contribution in [3.05, 3.63) is 51.2 Å². The van der Waals surface area contributed by atoms with E-state index in [0.29, 0.717) is 12.1 Å². The van der Waals surface area contributed by atoms with E-state index in [0.717, 1.165) is 21.0 Å². The largest absolute Gasteiger partial charge is 0.335 e. The zero-order valence-corrected chi connectivity index (χ0v) is 15.7. The summed E-state index contributed by atoms with van der Waals surface area (Å²) in [5.74, 6) is -0.0919. The lowest BCUT2D eigenvalue weighted by atomic mass is 10.1. The topological polar surface area (TPSA) is 49.4 Å². The number of hydrogen-bond acceptors (Lipinski definition) is 3. The Balaban J connectivity index is 2.30. The van der Waals surface area contributed by atoms with Gasteiger partial charge in [-0.3, -0.25) is 9.59 Å². The second kappa shape index (κ2) is 7.62. The number of benzene rings is 1. The van der Waals surface area contributed by atoms with E-state index >= 15 is 0 Å². The molecular formula is C19H24N2O2S. The summed E-state index contributed by atoms with van der Waals surface area (Å²) in [6, 6.07) is 9.27. The molecule has 0 spiro atoms. The van der Waals surface area contributed by atoms with Crippen molar-refractivity contribution in [2.24, 2.45) is 0 Å². The van der Waals surface area contributed by atoms with Crippen LogP contribution in [0, 0.1) is 13.8 Å². The second-order valence-electron chi connectivity index (χ2n) is 6.14. The average Bonchev–Trinajstić information content (AvgIpc) is 2.80. The number of thiophene rings is 1. The monoisotopic (exact) mass is 344 g/mol. The molecule has 0 bridgehead atoms. The fourth-order valence-corrected chi connectivity index (χ4v) is 3.69. The van der Waals surface area contributed by atoms with Crippen molar-refractivity contribution in [3.8, 4) is 0 Å². The molecule has 1 aromatic heterocycles. The van der Waals surface area contributed by atoms with Crippen molar-refractivity contribution in [3.63, 3.8) is 0 Å². The fourth-order valence-electron chi connectivity index (χ4n) is 2.56. The Labute approximate surface area is 147 Å². The molecule has 0 atom stereocenters. The highest BCUT2D eigenvalue weighted by atomic mass is 32.1. The Hall–Kier alpha value is -2.14. The quantitative estimate of drug-likeness (QED) is 0.875. The second-order valence-corrected chi connectivity index (χ2v) is 7.45. The van der Waals surface area contributed by atoms with Crippen molar-refractivity contribution < 1.29 is 9.59 Å². The first kappa shape index (κ1) is 18.2. The highest BCUT2D eigenvalue weighted by molar-refractivity contribution is 7.12. The molecule has 2 rings (SSSR count). The Bertz CT molecular complexity index is 735. The summed E-state index contributed by atoms with van der Waals surface area (Å²) < 4.78 is 0. The van der Waals surface area contributed by atoms with Crippen LogP contribution in [0.25, 0.3) is 0 Å². The summed E-state index contributed by atoms with van der Waals surface area (Å²) in [6.45, 7) is 10.1. The highest BCUT2D eigenvalue weighted by Crippen LogP contribution is 2.34. The van der Waals surface area contributed by atoms with Crippen LogP contribution >= 0.6 is 11.3 Å². The molecule has 128 valence electrons. The number of hydrogen-bond donors (Lipinski definition) is 1. The third-order valence-electron chi connectivity index (χ3n) is 4.07. The lowest BCUT2D eigenvalue weighted by molar-refractivity contribution is -0.131. The predicted octanol–water partition coefficient (Wildman–Crippen LogP) is 4.37. The molecule has 0 saturated carbocycles. The van der Waals surface area contributed by atoms with Crippen LogP contribution in [0.3, 0.4) is 0 Å². The van der Waals surface area contributed by atoms with Gasteiger partial charge in [0.15, 0.2) is 0 Å². The molecule has 5 heteroatoms. The molecule has 0 radical (unpaired) electrons. The van der Waals surface area contributed by atoms with Crippen LogP contribution in [-0.2, 0) is 11.3 Å². The molecule has 0 aliphatic heterocycles. The summed E-state index contributed by atoms with van der Waals surface area (Å²) in [5.41, 5.74) is 2.52. The minimum absolute atomic E-state index is 0.0362. The molecule has 0 fully saturated rings. The molecule has 0 aliphatic rings. The standard InChI is InChI=1S/C19H24N2O2S/c1-12(2)21(15(5)22)11-17-18(13(3)14(4)24-17)20-19(23)16-9-7-6-8-10-16/h6-10,12H,11H2,1-5H3,(H,20,23). The van der Waals surface area contributed by atoms with Crippen LogP contribution in [0.5, 0.6) is 0 Å². The van der Waals surface area contributed by atoms with Gasteiger partial charge in [-0.25, -0.2) is 0 Å². The van der Waals surface area contributed by atoms with Gasteiger partial charge in [0, 0.05) is 28.3 Å².